The maximum atomic E-state index is 13.0. The fraction of sp³-hybridized carbons (Fsp3) is 0.360. The number of fused-ring (bicyclic) bond motifs is 3. The van der Waals surface area contributed by atoms with E-state index in [1.165, 1.54) is 6.07 Å². The van der Waals surface area contributed by atoms with Crippen molar-refractivity contribution in [1.29, 1.82) is 0 Å². The van der Waals surface area contributed by atoms with Crippen LogP contribution in [0.1, 0.15) is 37.7 Å². The van der Waals surface area contributed by atoms with Gasteiger partial charge < -0.3 is 19.8 Å². The number of nitrogens with zero attached hydrogens (tertiary/aromatic N) is 3. The number of hydrogen-bond donors (Lipinski definition) is 1. The molecule has 0 bridgehead atoms. The number of alkyl halides is 3. The average Bonchev–Trinajstić information content (AvgIpc) is 3.14. The molecule has 0 aliphatic heterocycles. The first kappa shape index (κ1) is 23.8. The minimum Gasteiger partial charge on any atom is -0.489 e. The van der Waals surface area contributed by atoms with Crippen molar-refractivity contribution >= 4 is 27.8 Å². The molecule has 0 amide bonds. The smallest absolute Gasteiger partial charge is 0.416 e. The van der Waals surface area contributed by atoms with Gasteiger partial charge in [-0.25, -0.2) is 9.97 Å². The van der Waals surface area contributed by atoms with Gasteiger partial charge in [-0.15, -0.1) is 0 Å². The maximum absolute atomic E-state index is 13.0. The van der Waals surface area contributed by atoms with Crippen molar-refractivity contribution in [1.82, 2.24) is 14.5 Å². The van der Waals surface area contributed by atoms with Gasteiger partial charge in [-0.1, -0.05) is 26.0 Å². The van der Waals surface area contributed by atoms with Crippen molar-refractivity contribution in [3.05, 3.63) is 59.4 Å². The van der Waals surface area contributed by atoms with E-state index in [9.17, 15) is 13.2 Å². The lowest BCUT2D eigenvalue weighted by Gasteiger charge is -2.14. The molecule has 4 rings (SSSR count). The van der Waals surface area contributed by atoms with E-state index in [0.717, 1.165) is 35.4 Å². The highest BCUT2D eigenvalue weighted by atomic mass is 19.4. The van der Waals surface area contributed by atoms with E-state index in [2.05, 4.69) is 23.4 Å². The molecule has 9 heteroatoms. The first-order chi connectivity index (χ1) is 16.2. The molecule has 0 unspecified atom stereocenters. The number of pyridine rings is 1. The molecule has 4 aromatic rings. The second kappa shape index (κ2) is 9.50. The molecule has 2 aromatic heterocycles. The third kappa shape index (κ3) is 4.94. The average molecular weight is 473 g/mol. The van der Waals surface area contributed by atoms with E-state index >= 15 is 0 Å². The number of hydrogen-bond acceptors (Lipinski definition) is 5. The molecule has 0 radical (unpaired) electrons. The Bertz CT molecular complexity index is 1320. The number of nitrogens with two attached hydrogens (primary N) is 1. The van der Waals surface area contributed by atoms with Crippen LogP contribution in [0.25, 0.3) is 21.9 Å². The van der Waals surface area contributed by atoms with E-state index in [4.69, 9.17) is 20.2 Å². The summed E-state index contributed by atoms with van der Waals surface area (Å²) in [6, 6.07) is 10.5. The lowest BCUT2D eigenvalue weighted by atomic mass is 10.1. The predicted octanol–water partition coefficient (Wildman–Crippen LogP) is 5.96. The highest BCUT2D eigenvalue weighted by molar-refractivity contribution is 6.06. The minimum atomic E-state index is -4.40. The molecule has 2 N–H and O–H groups in total. The molecule has 0 spiro atoms. The molecule has 2 heterocycles. The van der Waals surface area contributed by atoms with Gasteiger partial charge in [0, 0.05) is 24.6 Å². The first-order valence-electron chi connectivity index (χ1n) is 11.1. The van der Waals surface area contributed by atoms with Crippen molar-refractivity contribution < 1.29 is 22.6 Å². The summed E-state index contributed by atoms with van der Waals surface area (Å²) in [5, 5.41) is 0.867. The lowest BCUT2D eigenvalue weighted by Crippen LogP contribution is -2.10. The van der Waals surface area contributed by atoms with Crippen LogP contribution in [-0.2, 0) is 30.7 Å². The molecule has 0 saturated carbocycles. The van der Waals surface area contributed by atoms with Crippen LogP contribution >= 0.6 is 0 Å². The highest BCUT2D eigenvalue weighted by Gasteiger charge is 2.30. The van der Waals surface area contributed by atoms with E-state index in [0.29, 0.717) is 47.3 Å². The van der Waals surface area contributed by atoms with E-state index in [-0.39, 0.29) is 6.61 Å². The molecule has 0 aliphatic rings. The Morgan fingerprint density at radius 2 is 1.85 bits per heavy atom. The normalized spacial score (nSPS) is 12.2. The van der Waals surface area contributed by atoms with Gasteiger partial charge in [0.2, 0.25) is 0 Å². The van der Waals surface area contributed by atoms with Crippen LogP contribution in [0.3, 0.4) is 0 Å². The molecule has 0 fully saturated rings. The summed E-state index contributed by atoms with van der Waals surface area (Å²) in [7, 11) is 0. The summed E-state index contributed by atoms with van der Waals surface area (Å²) < 4.78 is 52.4. The van der Waals surface area contributed by atoms with Crippen LogP contribution in [0.4, 0.5) is 19.0 Å². The zero-order valence-electron chi connectivity index (χ0n) is 19.3. The Hall–Kier alpha value is -3.33. The van der Waals surface area contributed by atoms with Crippen LogP contribution in [0.15, 0.2) is 42.5 Å². The number of nitrogen functional groups attached to an aromatic ring is 1. The molecule has 180 valence electrons. The number of halogens is 3. The van der Waals surface area contributed by atoms with Gasteiger partial charge in [0.05, 0.1) is 16.6 Å². The van der Waals surface area contributed by atoms with Crippen LogP contribution in [0.5, 0.6) is 5.75 Å². The Labute approximate surface area is 195 Å². The highest BCUT2D eigenvalue weighted by Crippen LogP contribution is 2.33. The number of benzene rings is 2. The largest absolute Gasteiger partial charge is 0.489 e. The van der Waals surface area contributed by atoms with Gasteiger partial charge in [0.15, 0.2) is 5.82 Å². The van der Waals surface area contributed by atoms with Gasteiger partial charge in [0.1, 0.15) is 30.3 Å². The van der Waals surface area contributed by atoms with Crippen LogP contribution in [-0.4, -0.2) is 21.1 Å². The Kier molecular flexibility index (Phi) is 6.65. The predicted molar refractivity (Wildman–Crippen MR) is 125 cm³/mol. The van der Waals surface area contributed by atoms with Crippen molar-refractivity contribution in [2.24, 2.45) is 5.92 Å². The molecule has 6 nitrogen and oxygen atoms in total. The third-order valence-electron chi connectivity index (χ3n) is 5.40. The molecular formula is C25H27F3N4O2. The van der Waals surface area contributed by atoms with Crippen molar-refractivity contribution in [3.63, 3.8) is 0 Å². The number of imidazole rings is 1. The number of anilines is 1. The fourth-order valence-corrected chi connectivity index (χ4v) is 3.90. The molecular weight excluding hydrogens is 445 g/mol. The second-order valence-corrected chi connectivity index (χ2v) is 8.53. The summed E-state index contributed by atoms with van der Waals surface area (Å²) in [4.78, 5) is 9.22. The van der Waals surface area contributed by atoms with Crippen molar-refractivity contribution in [2.45, 2.75) is 46.7 Å². The molecule has 0 atom stereocenters. The molecule has 0 saturated heterocycles. The van der Waals surface area contributed by atoms with E-state index in [1.807, 2.05) is 13.0 Å². The van der Waals surface area contributed by atoms with Crippen LogP contribution in [0, 0.1) is 5.92 Å². The zero-order valence-corrected chi connectivity index (χ0v) is 19.3. The van der Waals surface area contributed by atoms with Gasteiger partial charge in [0.25, 0.3) is 0 Å². The lowest BCUT2D eigenvalue weighted by molar-refractivity contribution is -0.137. The Balaban J connectivity index is 1.69. The van der Waals surface area contributed by atoms with Crippen LogP contribution < -0.4 is 10.5 Å². The Morgan fingerprint density at radius 1 is 1.06 bits per heavy atom. The number of ether oxygens (including phenoxy) is 2. The zero-order chi connectivity index (χ0) is 24.5. The van der Waals surface area contributed by atoms with Gasteiger partial charge in [-0.05, 0) is 42.7 Å². The molecule has 34 heavy (non-hydrogen) atoms. The monoisotopic (exact) mass is 472 g/mol. The Morgan fingerprint density at radius 3 is 2.56 bits per heavy atom. The minimum absolute atomic E-state index is 0.00304. The van der Waals surface area contributed by atoms with E-state index < -0.39 is 11.7 Å². The SMILES string of the molecule is CCOCc1nc2c(N)nc3cc(OCc4cccc(C(F)(F)F)c4)ccc3c2n1CC(C)C. The van der Waals surface area contributed by atoms with E-state index in [1.54, 1.807) is 18.2 Å². The standard InChI is InChI=1S/C25H27F3N4O2/c1-4-33-14-21-31-22-23(32(21)12-15(2)3)19-9-8-18(11-20(19)30-24(22)29)34-13-16-6-5-7-17(10-16)25(26,27)28/h5-11,15H,4,12-14H2,1-3H3,(H2,29,30). The topological polar surface area (TPSA) is 75.2 Å². The number of aromatic nitrogens is 3. The summed E-state index contributed by atoms with van der Waals surface area (Å²) >= 11 is 0. The number of rotatable bonds is 8. The second-order valence-electron chi connectivity index (χ2n) is 8.53. The molecule has 2 aromatic carbocycles. The molecule has 0 aliphatic carbocycles. The quantitative estimate of drug-likeness (QED) is 0.343. The van der Waals surface area contributed by atoms with Crippen molar-refractivity contribution in [2.75, 3.05) is 12.3 Å². The summed E-state index contributed by atoms with van der Waals surface area (Å²) in [6.45, 7) is 7.87. The first-order valence-corrected chi connectivity index (χ1v) is 11.1. The maximum Gasteiger partial charge on any atom is 0.416 e. The third-order valence-corrected chi connectivity index (χ3v) is 5.40. The van der Waals surface area contributed by atoms with Gasteiger partial charge >= 0.3 is 6.18 Å². The summed E-state index contributed by atoms with van der Waals surface area (Å²) in [5.74, 6) is 1.95. The van der Waals surface area contributed by atoms with Crippen LogP contribution in [0.2, 0.25) is 0 Å². The summed E-state index contributed by atoms with van der Waals surface area (Å²) in [6.07, 6.45) is -4.40. The summed E-state index contributed by atoms with van der Waals surface area (Å²) in [5.41, 5.74) is 8.12. The fourth-order valence-electron chi connectivity index (χ4n) is 3.90. The van der Waals surface area contributed by atoms with Gasteiger partial charge in [-0.3, -0.25) is 0 Å². The van der Waals surface area contributed by atoms with Crippen molar-refractivity contribution in [3.8, 4) is 5.75 Å². The van der Waals surface area contributed by atoms with Gasteiger partial charge in [-0.2, -0.15) is 13.2 Å².